The van der Waals surface area contributed by atoms with Gasteiger partial charge in [-0.05, 0) is 61.9 Å². The molecule has 0 spiro atoms. The molecule has 0 amide bonds. The molecule has 1 aromatic heterocycles. The maximum absolute atomic E-state index is 12.7. The molecule has 5 nitrogen and oxygen atoms in total. The predicted molar refractivity (Wildman–Crippen MR) is 104 cm³/mol. The number of pyridine rings is 1. The fraction of sp³-hybridized carbons (Fsp3) is 0.364. The molecule has 0 bridgehead atoms. The van der Waals surface area contributed by atoms with Crippen LogP contribution >= 0.6 is 0 Å². The molecule has 1 aromatic carbocycles. The van der Waals surface area contributed by atoms with Gasteiger partial charge in [-0.15, -0.1) is 0 Å². The number of rotatable bonds is 7. The standard InChI is InChI=1S/C22H25NO4/c1-3-6-19(16-11-13-23-14-12-16)22(24)27-18-9-10-20(25-2)21(15-18)26-17-7-4-5-8-17/h6,9-15,17H,3-5,7-8H2,1-2H3. The van der Waals surface area contributed by atoms with Gasteiger partial charge in [0.25, 0.3) is 0 Å². The minimum absolute atomic E-state index is 0.192. The van der Waals surface area contributed by atoms with E-state index in [1.807, 2.05) is 13.0 Å². The molecule has 27 heavy (non-hydrogen) atoms. The minimum atomic E-state index is -0.403. The molecule has 142 valence electrons. The van der Waals surface area contributed by atoms with Crippen LogP contribution < -0.4 is 14.2 Å². The smallest absolute Gasteiger partial charge is 0.343 e. The number of nitrogens with zero attached hydrogens (tertiary/aromatic N) is 1. The highest BCUT2D eigenvalue weighted by Crippen LogP contribution is 2.35. The van der Waals surface area contributed by atoms with E-state index in [2.05, 4.69) is 4.98 Å². The Morgan fingerprint density at radius 1 is 1.15 bits per heavy atom. The first-order valence-electron chi connectivity index (χ1n) is 9.38. The lowest BCUT2D eigenvalue weighted by Crippen LogP contribution is -2.13. The summed E-state index contributed by atoms with van der Waals surface area (Å²) in [6, 6.07) is 8.80. The number of aromatic nitrogens is 1. The van der Waals surface area contributed by atoms with E-state index in [1.54, 1.807) is 49.8 Å². The van der Waals surface area contributed by atoms with Crippen molar-refractivity contribution in [1.82, 2.24) is 4.98 Å². The van der Waals surface area contributed by atoms with E-state index in [-0.39, 0.29) is 6.10 Å². The highest BCUT2D eigenvalue weighted by molar-refractivity contribution is 6.17. The lowest BCUT2D eigenvalue weighted by molar-refractivity contribution is -0.127. The number of carbonyl (C=O) groups excluding carboxylic acids is 1. The van der Waals surface area contributed by atoms with E-state index in [1.165, 1.54) is 12.8 Å². The monoisotopic (exact) mass is 367 g/mol. The highest BCUT2D eigenvalue weighted by atomic mass is 16.5. The number of allylic oxidation sites excluding steroid dienone is 1. The third-order valence-corrected chi connectivity index (χ3v) is 4.56. The molecule has 0 unspecified atom stereocenters. The van der Waals surface area contributed by atoms with Gasteiger partial charge in [0, 0.05) is 18.5 Å². The summed E-state index contributed by atoms with van der Waals surface area (Å²) in [6.07, 6.45) is 10.5. The first-order valence-corrected chi connectivity index (χ1v) is 9.38. The summed E-state index contributed by atoms with van der Waals surface area (Å²) in [5.41, 5.74) is 1.31. The van der Waals surface area contributed by atoms with Crippen molar-refractivity contribution >= 4 is 11.5 Å². The fourth-order valence-electron chi connectivity index (χ4n) is 3.22. The second kappa shape index (κ2) is 9.21. The normalized spacial score (nSPS) is 14.8. The topological polar surface area (TPSA) is 57.7 Å². The number of esters is 1. The lowest BCUT2D eigenvalue weighted by Gasteiger charge is -2.17. The number of hydrogen-bond donors (Lipinski definition) is 0. The average Bonchev–Trinajstić information content (AvgIpc) is 3.20. The molecular weight excluding hydrogens is 342 g/mol. The zero-order valence-corrected chi connectivity index (χ0v) is 15.8. The van der Waals surface area contributed by atoms with Gasteiger partial charge in [-0.3, -0.25) is 4.98 Å². The van der Waals surface area contributed by atoms with Crippen molar-refractivity contribution in [2.45, 2.75) is 45.1 Å². The van der Waals surface area contributed by atoms with Gasteiger partial charge in [-0.25, -0.2) is 4.79 Å². The van der Waals surface area contributed by atoms with E-state index < -0.39 is 5.97 Å². The van der Waals surface area contributed by atoms with Crippen LogP contribution in [0.1, 0.15) is 44.6 Å². The Bertz CT molecular complexity index is 795. The van der Waals surface area contributed by atoms with Crippen LogP contribution in [0.3, 0.4) is 0 Å². The number of carbonyl (C=O) groups is 1. The maximum Gasteiger partial charge on any atom is 0.343 e. The molecule has 1 fully saturated rings. The molecule has 5 heteroatoms. The van der Waals surface area contributed by atoms with Crippen molar-refractivity contribution in [3.63, 3.8) is 0 Å². The first kappa shape index (κ1) is 19.0. The summed E-state index contributed by atoms with van der Waals surface area (Å²) in [7, 11) is 1.61. The van der Waals surface area contributed by atoms with Crippen molar-refractivity contribution in [2.24, 2.45) is 0 Å². The van der Waals surface area contributed by atoms with Crippen molar-refractivity contribution in [3.05, 3.63) is 54.4 Å². The Kier molecular flexibility index (Phi) is 6.47. The fourth-order valence-corrected chi connectivity index (χ4v) is 3.22. The molecular formula is C22H25NO4. The quantitative estimate of drug-likeness (QED) is 0.399. The van der Waals surface area contributed by atoms with Gasteiger partial charge in [0.1, 0.15) is 5.75 Å². The van der Waals surface area contributed by atoms with Crippen LogP contribution in [0.15, 0.2) is 48.8 Å². The van der Waals surface area contributed by atoms with E-state index >= 15 is 0 Å². The van der Waals surface area contributed by atoms with E-state index in [4.69, 9.17) is 14.2 Å². The number of benzene rings is 1. The van der Waals surface area contributed by atoms with Gasteiger partial charge < -0.3 is 14.2 Å². The van der Waals surface area contributed by atoms with Gasteiger partial charge >= 0.3 is 5.97 Å². The third-order valence-electron chi connectivity index (χ3n) is 4.56. The van der Waals surface area contributed by atoms with Crippen molar-refractivity contribution in [3.8, 4) is 17.2 Å². The number of ether oxygens (including phenoxy) is 3. The van der Waals surface area contributed by atoms with Gasteiger partial charge in [-0.2, -0.15) is 0 Å². The summed E-state index contributed by atoms with van der Waals surface area (Å²) in [5.74, 6) is 1.28. The summed E-state index contributed by atoms with van der Waals surface area (Å²) < 4.78 is 17.1. The molecule has 0 aliphatic heterocycles. The SMILES string of the molecule is CCC=C(C(=O)Oc1ccc(OC)c(OC2CCCC2)c1)c1ccncc1. The van der Waals surface area contributed by atoms with E-state index in [0.717, 1.165) is 24.8 Å². The maximum atomic E-state index is 12.7. The largest absolute Gasteiger partial charge is 0.493 e. The number of hydrogen-bond acceptors (Lipinski definition) is 5. The molecule has 0 radical (unpaired) electrons. The Balaban J connectivity index is 1.79. The molecule has 3 rings (SSSR count). The summed E-state index contributed by atoms with van der Waals surface area (Å²) in [4.78, 5) is 16.7. The van der Waals surface area contributed by atoms with Crippen LogP contribution in [-0.4, -0.2) is 24.2 Å². The van der Waals surface area contributed by atoms with Crippen molar-refractivity contribution < 1.29 is 19.0 Å². The minimum Gasteiger partial charge on any atom is -0.493 e. The summed E-state index contributed by atoms with van der Waals surface area (Å²) in [5, 5.41) is 0. The second-order valence-electron chi connectivity index (χ2n) is 6.49. The summed E-state index contributed by atoms with van der Waals surface area (Å²) >= 11 is 0. The first-order chi connectivity index (χ1) is 13.2. The Labute approximate surface area is 160 Å². The molecule has 1 saturated carbocycles. The zero-order valence-electron chi connectivity index (χ0n) is 15.8. The van der Waals surface area contributed by atoms with E-state index in [9.17, 15) is 4.79 Å². The average molecular weight is 367 g/mol. The Hall–Kier alpha value is -2.82. The third kappa shape index (κ3) is 4.88. The molecule has 1 aliphatic carbocycles. The Morgan fingerprint density at radius 3 is 2.56 bits per heavy atom. The Morgan fingerprint density at radius 2 is 1.89 bits per heavy atom. The van der Waals surface area contributed by atoms with Crippen molar-refractivity contribution in [2.75, 3.05) is 7.11 Å². The molecule has 2 aromatic rings. The van der Waals surface area contributed by atoms with Crippen LogP contribution in [0.5, 0.6) is 17.2 Å². The van der Waals surface area contributed by atoms with Crippen LogP contribution in [0.4, 0.5) is 0 Å². The second-order valence-corrected chi connectivity index (χ2v) is 6.49. The van der Waals surface area contributed by atoms with Gasteiger partial charge in [0.15, 0.2) is 11.5 Å². The highest BCUT2D eigenvalue weighted by Gasteiger charge is 2.20. The molecule has 0 saturated heterocycles. The van der Waals surface area contributed by atoms with Crippen molar-refractivity contribution in [1.29, 1.82) is 0 Å². The number of methoxy groups -OCH3 is 1. The zero-order chi connectivity index (χ0) is 19.1. The summed E-state index contributed by atoms with van der Waals surface area (Å²) in [6.45, 7) is 1.98. The van der Waals surface area contributed by atoms with E-state index in [0.29, 0.717) is 22.8 Å². The molecule has 0 N–H and O–H groups in total. The molecule has 1 aliphatic rings. The van der Waals surface area contributed by atoms with Crippen LogP contribution in [0, 0.1) is 0 Å². The lowest BCUT2D eigenvalue weighted by atomic mass is 10.1. The van der Waals surface area contributed by atoms with Gasteiger partial charge in [0.2, 0.25) is 0 Å². The van der Waals surface area contributed by atoms with Crippen LogP contribution in [-0.2, 0) is 4.79 Å². The molecule has 1 heterocycles. The van der Waals surface area contributed by atoms with Crippen LogP contribution in [0.2, 0.25) is 0 Å². The van der Waals surface area contributed by atoms with Gasteiger partial charge in [-0.1, -0.05) is 13.0 Å². The molecule has 0 atom stereocenters. The van der Waals surface area contributed by atoms with Crippen LogP contribution in [0.25, 0.3) is 5.57 Å². The predicted octanol–water partition coefficient (Wildman–Crippen LogP) is 4.81. The van der Waals surface area contributed by atoms with Gasteiger partial charge in [0.05, 0.1) is 18.8 Å².